The first kappa shape index (κ1) is 43.6. The SMILES string of the molecule is CON=C(C(=O)N[C@@H]1S[C@H]2CC(=O)N2C(C(=O)O)=C1COC(C)=O)c1csc(NC(=O)OCC(C(=O)OC)(c2ccccc2)c2ccccc2NC(=O)OC(C)(C)C)n1. The van der Waals surface area contributed by atoms with Gasteiger partial charge in [-0.15, -0.1) is 23.1 Å². The zero-order valence-corrected chi connectivity index (χ0v) is 34.2. The summed E-state index contributed by atoms with van der Waals surface area (Å²) in [6.07, 6.45) is -1.82. The lowest BCUT2D eigenvalue weighted by Crippen LogP contribution is -2.58. The normalized spacial score (nSPS) is 17.3. The molecule has 0 spiro atoms. The maximum absolute atomic E-state index is 13.9. The van der Waals surface area contributed by atoms with Gasteiger partial charge in [-0.25, -0.2) is 19.4 Å². The summed E-state index contributed by atoms with van der Waals surface area (Å²) in [7, 11) is 2.35. The number of β-lactam (4-membered cyclic amide) rings is 1. The number of benzene rings is 2. The minimum atomic E-state index is -1.81. The smallest absolute Gasteiger partial charge is 0.413 e. The van der Waals surface area contributed by atoms with Crippen molar-refractivity contribution in [3.8, 4) is 0 Å². The van der Waals surface area contributed by atoms with Crippen LogP contribution < -0.4 is 16.0 Å². The molecule has 3 atom stereocenters. The van der Waals surface area contributed by atoms with E-state index in [0.29, 0.717) is 5.56 Å². The summed E-state index contributed by atoms with van der Waals surface area (Å²) in [5.41, 5.74) is -2.74. The second-order valence-electron chi connectivity index (χ2n) is 13.7. The molecule has 1 saturated heterocycles. The molecule has 0 radical (unpaired) electrons. The van der Waals surface area contributed by atoms with Crippen LogP contribution in [0.15, 0.2) is 76.4 Å². The van der Waals surface area contributed by atoms with Crippen molar-refractivity contribution in [3.05, 3.63) is 88.1 Å². The Bertz CT molecular complexity index is 2200. The third-order valence-corrected chi connectivity index (χ3v) is 10.7. The van der Waals surface area contributed by atoms with E-state index in [1.807, 2.05) is 0 Å². The summed E-state index contributed by atoms with van der Waals surface area (Å²) in [6, 6.07) is 14.8. The molecule has 0 aliphatic carbocycles. The van der Waals surface area contributed by atoms with Gasteiger partial charge in [0.25, 0.3) is 5.91 Å². The Labute approximate surface area is 345 Å². The second-order valence-corrected chi connectivity index (χ2v) is 15.8. The molecule has 3 aromatic rings. The van der Waals surface area contributed by atoms with Crippen molar-refractivity contribution >= 4 is 81.5 Å². The van der Waals surface area contributed by atoms with Crippen LogP contribution in [0.1, 0.15) is 50.9 Å². The lowest BCUT2D eigenvalue weighted by molar-refractivity contribution is -0.147. The molecule has 312 valence electrons. The van der Waals surface area contributed by atoms with Crippen LogP contribution in [-0.2, 0) is 53.2 Å². The number of thiazole rings is 1. The summed E-state index contributed by atoms with van der Waals surface area (Å²) >= 11 is 1.95. The largest absolute Gasteiger partial charge is 0.477 e. The molecule has 4 amide bonds. The average molecular weight is 853 g/mol. The second kappa shape index (κ2) is 18.4. The average Bonchev–Trinajstić information content (AvgIpc) is 3.63. The Morgan fingerprint density at radius 2 is 1.66 bits per heavy atom. The van der Waals surface area contributed by atoms with Crippen LogP contribution in [0.5, 0.6) is 0 Å². The van der Waals surface area contributed by atoms with Crippen molar-refractivity contribution in [1.29, 1.82) is 0 Å². The van der Waals surface area contributed by atoms with Crippen molar-refractivity contribution in [3.63, 3.8) is 0 Å². The number of thioether (sulfide) groups is 1. The molecular formula is C38H40N6O13S2. The maximum atomic E-state index is 13.9. The number of methoxy groups -OCH3 is 1. The zero-order chi connectivity index (χ0) is 43.1. The fourth-order valence-electron chi connectivity index (χ4n) is 6.07. The predicted octanol–water partition coefficient (Wildman–Crippen LogP) is 4.20. The van der Waals surface area contributed by atoms with Gasteiger partial charge in [0.05, 0.1) is 18.9 Å². The number of aliphatic carboxylic acids is 1. The summed E-state index contributed by atoms with van der Waals surface area (Å²) < 4.78 is 21.5. The molecule has 3 heterocycles. The molecule has 1 aromatic heterocycles. The first-order valence-corrected chi connectivity index (χ1v) is 19.4. The van der Waals surface area contributed by atoms with E-state index in [1.54, 1.807) is 75.4 Å². The number of carbonyl (C=O) groups is 7. The molecule has 2 aromatic carbocycles. The van der Waals surface area contributed by atoms with Gasteiger partial charge in [0.15, 0.2) is 16.3 Å². The van der Waals surface area contributed by atoms with Gasteiger partial charge < -0.3 is 34.2 Å². The van der Waals surface area contributed by atoms with Crippen molar-refractivity contribution in [2.24, 2.45) is 5.16 Å². The Balaban J connectivity index is 1.38. The molecule has 59 heavy (non-hydrogen) atoms. The lowest BCUT2D eigenvalue weighted by Gasteiger charge is -2.46. The third kappa shape index (κ3) is 9.98. The molecule has 5 rings (SSSR count). The number of hydrogen-bond donors (Lipinski definition) is 4. The van der Waals surface area contributed by atoms with E-state index in [-0.39, 0.29) is 39.8 Å². The van der Waals surface area contributed by atoms with Gasteiger partial charge in [-0.3, -0.25) is 34.7 Å². The molecule has 2 aliphatic rings. The van der Waals surface area contributed by atoms with E-state index in [4.69, 9.17) is 23.8 Å². The van der Waals surface area contributed by atoms with Gasteiger partial charge in [0.1, 0.15) is 42.7 Å². The van der Waals surface area contributed by atoms with Crippen molar-refractivity contribution < 1.29 is 62.5 Å². The number of rotatable bonds is 14. The topological polar surface area (TPSA) is 250 Å². The molecule has 0 saturated carbocycles. The highest BCUT2D eigenvalue weighted by molar-refractivity contribution is 8.00. The van der Waals surface area contributed by atoms with Crippen molar-refractivity contribution in [2.45, 2.75) is 55.9 Å². The van der Waals surface area contributed by atoms with Gasteiger partial charge in [0.2, 0.25) is 5.91 Å². The fourth-order valence-corrected chi connectivity index (χ4v) is 8.16. The van der Waals surface area contributed by atoms with E-state index in [0.717, 1.165) is 34.9 Å². The monoisotopic (exact) mass is 852 g/mol. The van der Waals surface area contributed by atoms with E-state index < -0.39 is 82.6 Å². The standard InChI is InChI=1S/C38H40N6O13S2/c1-20(45)55-17-22-29(32(48)49)44-26(46)16-27(44)59-31(22)41-30(47)28(43-54-6)25-18-58-34(39-25)42-35(51)56-19-38(33(50)53-5,21-12-8-7-9-13-21)23-14-10-11-15-24(23)40-36(52)57-37(2,3)4/h7-15,18,27,31H,16-17,19H2,1-6H3,(H,40,52)(H,41,47)(H,48,49)(H,39,42,51)/t27-,31+,38?/m0/s1. The highest BCUT2D eigenvalue weighted by Crippen LogP contribution is 2.43. The molecule has 2 aliphatic heterocycles. The van der Waals surface area contributed by atoms with Gasteiger partial charge in [0, 0.05) is 29.1 Å². The van der Waals surface area contributed by atoms with Crippen molar-refractivity contribution in [1.82, 2.24) is 15.2 Å². The fraction of sp³-hybridized carbons (Fsp3) is 0.342. The van der Waals surface area contributed by atoms with Crippen LogP contribution in [0, 0.1) is 0 Å². The van der Waals surface area contributed by atoms with Gasteiger partial charge in [-0.05, 0) is 32.4 Å². The molecule has 1 fully saturated rings. The molecule has 4 N–H and O–H groups in total. The molecular weight excluding hydrogens is 813 g/mol. The number of fused-ring (bicyclic) bond motifs is 1. The summed E-state index contributed by atoms with van der Waals surface area (Å²) in [4.78, 5) is 100. The van der Waals surface area contributed by atoms with Crippen LogP contribution in [0.25, 0.3) is 0 Å². The Hall–Kier alpha value is -6.48. The number of para-hydroxylation sites is 1. The number of ether oxygens (including phenoxy) is 4. The van der Waals surface area contributed by atoms with Crippen LogP contribution in [0.2, 0.25) is 0 Å². The van der Waals surface area contributed by atoms with Gasteiger partial charge in [-0.1, -0.05) is 53.7 Å². The number of nitrogens with one attached hydrogen (secondary N) is 3. The number of amides is 4. The molecule has 19 nitrogen and oxygen atoms in total. The summed E-state index contributed by atoms with van der Waals surface area (Å²) in [5, 5.41) is 21.2. The highest BCUT2D eigenvalue weighted by atomic mass is 32.2. The van der Waals surface area contributed by atoms with Crippen LogP contribution >= 0.6 is 23.1 Å². The van der Waals surface area contributed by atoms with Crippen LogP contribution in [0.3, 0.4) is 0 Å². The summed E-state index contributed by atoms with van der Waals surface area (Å²) in [5.74, 6) is -4.30. The van der Waals surface area contributed by atoms with E-state index >= 15 is 0 Å². The number of nitrogens with zero attached hydrogens (tertiary/aromatic N) is 3. The number of hydrogen-bond acceptors (Lipinski definition) is 16. The number of anilines is 2. The van der Waals surface area contributed by atoms with Crippen molar-refractivity contribution in [2.75, 3.05) is 38.1 Å². The minimum absolute atomic E-state index is 0.0203. The zero-order valence-electron chi connectivity index (χ0n) is 32.6. The molecule has 0 bridgehead atoms. The lowest BCUT2D eigenvalue weighted by atomic mass is 9.74. The number of carboxylic acid groups (broad SMARTS) is 1. The van der Waals surface area contributed by atoms with Gasteiger partial charge in [-0.2, -0.15) is 0 Å². The van der Waals surface area contributed by atoms with Gasteiger partial charge >= 0.3 is 30.1 Å². The van der Waals surface area contributed by atoms with Crippen LogP contribution in [-0.4, -0.2) is 106 Å². The molecule has 1 unspecified atom stereocenters. The Morgan fingerprint density at radius 3 is 2.29 bits per heavy atom. The number of oxime groups is 1. The van der Waals surface area contributed by atoms with E-state index in [2.05, 4.69) is 26.1 Å². The van der Waals surface area contributed by atoms with Crippen LogP contribution in [0.4, 0.5) is 20.4 Å². The number of esters is 2. The maximum Gasteiger partial charge on any atom is 0.413 e. The Kier molecular flexibility index (Phi) is 13.6. The first-order valence-electron chi connectivity index (χ1n) is 17.6. The summed E-state index contributed by atoms with van der Waals surface area (Å²) in [6.45, 7) is 5.07. The number of carbonyl (C=O) groups excluding carboxylic acids is 6. The third-order valence-electron chi connectivity index (χ3n) is 8.55. The highest BCUT2D eigenvalue weighted by Gasteiger charge is 2.50. The molecule has 21 heteroatoms. The van der Waals surface area contributed by atoms with E-state index in [9.17, 15) is 38.7 Å². The number of aromatic nitrogens is 1. The Morgan fingerprint density at radius 1 is 0.966 bits per heavy atom. The van der Waals surface area contributed by atoms with E-state index in [1.165, 1.54) is 19.6 Å². The first-order chi connectivity index (χ1) is 28.0. The minimum Gasteiger partial charge on any atom is -0.477 e. The predicted molar refractivity (Wildman–Crippen MR) is 212 cm³/mol. The number of carboxylic acids is 1. The quantitative estimate of drug-likeness (QED) is 0.0583.